The van der Waals surface area contributed by atoms with Crippen LogP contribution in [0.15, 0.2) is 42.5 Å². The van der Waals surface area contributed by atoms with E-state index < -0.39 is 0 Å². The zero-order chi connectivity index (χ0) is 19.4. The lowest BCUT2D eigenvalue weighted by Crippen LogP contribution is -2.14. The first-order valence-corrected chi connectivity index (χ1v) is 8.18. The number of ether oxygens (including phenoxy) is 3. The summed E-state index contributed by atoms with van der Waals surface area (Å²) in [6, 6.07) is 12.7. The van der Waals surface area contributed by atoms with Crippen molar-refractivity contribution in [3.8, 4) is 22.9 Å². The maximum absolute atomic E-state index is 12.7. The molecule has 0 saturated carbocycles. The fourth-order valence-corrected chi connectivity index (χ4v) is 2.61. The van der Waals surface area contributed by atoms with E-state index in [0.717, 1.165) is 5.69 Å². The largest absolute Gasteiger partial charge is 0.493 e. The van der Waals surface area contributed by atoms with Crippen LogP contribution in [0.4, 0.5) is 5.69 Å². The van der Waals surface area contributed by atoms with Crippen LogP contribution in [0, 0.1) is 6.92 Å². The van der Waals surface area contributed by atoms with E-state index in [0.29, 0.717) is 28.6 Å². The number of hydrogen-bond donors (Lipinski definition) is 1. The highest BCUT2D eigenvalue weighted by Gasteiger charge is 2.19. The van der Waals surface area contributed by atoms with Crippen LogP contribution in [0.25, 0.3) is 5.69 Å². The van der Waals surface area contributed by atoms with E-state index in [4.69, 9.17) is 14.2 Å². The number of nitrogens with zero attached hydrogens (tertiary/aromatic N) is 3. The molecule has 3 aromatic rings. The summed E-state index contributed by atoms with van der Waals surface area (Å²) in [6.07, 6.45) is 0. The van der Waals surface area contributed by atoms with Gasteiger partial charge >= 0.3 is 0 Å². The summed E-state index contributed by atoms with van der Waals surface area (Å²) in [5.74, 6) is 0.946. The zero-order valence-corrected chi connectivity index (χ0v) is 15.5. The fourth-order valence-electron chi connectivity index (χ4n) is 2.61. The van der Waals surface area contributed by atoms with Gasteiger partial charge in [-0.15, -0.1) is 5.10 Å². The van der Waals surface area contributed by atoms with Gasteiger partial charge < -0.3 is 19.5 Å². The molecule has 0 bridgehead atoms. The molecule has 0 saturated heterocycles. The predicted molar refractivity (Wildman–Crippen MR) is 100 cm³/mol. The highest BCUT2D eigenvalue weighted by atomic mass is 16.5. The Balaban J connectivity index is 1.89. The van der Waals surface area contributed by atoms with E-state index in [9.17, 15) is 4.79 Å². The van der Waals surface area contributed by atoms with Crippen LogP contribution in [0.5, 0.6) is 17.2 Å². The van der Waals surface area contributed by atoms with E-state index in [-0.39, 0.29) is 11.6 Å². The number of carbonyl (C=O) groups is 1. The summed E-state index contributed by atoms with van der Waals surface area (Å²) in [4.78, 5) is 14.1. The van der Waals surface area contributed by atoms with Crippen molar-refractivity contribution in [3.05, 3.63) is 53.9 Å². The Bertz CT molecular complexity index is 929. The highest BCUT2D eigenvalue weighted by Crippen LogP contribution is 2.40. The molecule has 1 amide bonds. The first-order valence-electron chi connectivity index (χ1n) is 8.18. The SMILES string of the molecule is COc1cc(NC(=O)c2nn(-c3ccccc3)nc2C)cc(OC)c1OC. The first kappa shape index (κ1) is 18.2. The van der Waals surface area contributed by atoms with Crippen LogP contribution >= 0.6 is 0 Å². The van der Waals surface area contributed by atoms with Gasteiger partial charge in [0.25, 0.3) is 5.91 Å². The Morgan fingerprint density at radius 2 is 1.59 bits per heavy atom. The molecule has 1 aromatic heterocycles. The normalized spacial score (nSPS) is 10.4. The highest BCUT2D eigenvalue weighted by molar-refractivity contribution is 6.03. The Kier molecular flexibility index (Phi) is 5.25. The van der Waals surface area contributed by atoms with Crippen molar-refractivity contribution in [1.82, 2.24) is 15.0 Å². The van der Waals surface area contributed by atoms with Crippen molar-refractivity contribution in [2.24, 2.45) is 0 Å². The van der Waals surface area contributed by atoms with E-state index in [1.165, 1.54) is 26.1 Å². The standard InChI is InChI=1S/C19H20N4O4/c1-12-17(22-23(21-12)14-8-6-5-7-9-14)19(24)20-13-10-15(25-2)18(27-4)16(11-13)26-3/h5-11H,1-4H3,(H,20,24). The molecule has 0 radical (unpaired) electrons. The van der Waals surface area contributed by atoms with Crippen LogP contribution in [-0.4, -0.2) is 42.2 Å². The molecule has 0 aliphatic rings. The summed E-state index contributed by atoms with van der Waals surface area (Å²) in [7, 11) is 4.54. The summed E-state index contributed by atoms with van der Waals surface area (Å²) in [6.45, 7) is 1.73. The molecule has 140 valence electrons. The summed E-state index contributed by atoms with van der Waals surface area (Å²) in [5.41, 5.74) is 2.01. The summed E-state index contributed by atoms with van der Waals surface area (Å²) in [5, 5.41) is 11.4. The van der Waals surface area contributed by atoms with Gasteiger partial charge in [0.2, 0.25) is 5.75 Å². The number of anilines is 1. The van der Waals surface area contributed by atoms with Crippen LogP contribution < -0.4 is 19.5 Å². The lowest BCUT2D eigenvalue weighted by Gasteiger charge is -2.14. The van der Waals surface area contributed by atoms with Gasteiger partial charge in [-0.25, -0.2) is 0 Å². The average molecular weight is 368 g/mol. The number of benzene rings is 2. The molecule has 0 aliphatic heterocycles. The number of nitrogens with one attached hydrogen (secondary N) is 1. The minimum Gasteiger partial charge on any atom is -0.493 e. The molecule has 2 aromatic carbocycles. The van der Waals surface area contributed by atoms with Crippen LogP contribution in [0.3, 0.4) is 0 Å². The van der Waals surface area contributed by atoms with Crippen molar-refractivity contribution >= 4 is 11.6 Å². The zero-order valence-electron chi connectivity index (χ0n) is 15.5. The number of carbonyl (C=O) groups excluding carboxylic acids is 1. The maximum atomic E-state index is 12.7. The molecule has 8 heteroatoms. The minimum absolute atomic E-state index is 0.229. The molecule has 0 atom stereocenters. The average Bonchev–Trinajstić information content (AvgIpc) is 3.09. The number of hydrogen-bond acceptors (Lipinski definition) is 6. The number of methoxy groups -OCH3 is 3. The topological polar surface area (TPSA) is 87.5 Å². The van der Waals surface area contributed by atoms with Gasteiger partial charge in [0.1, 0.15) is 0 Å². The van der Waals surface area contributed by atoms with E-state index in [1.54, 1.807) is 19.1 Å². The number of amides is 1. The van der Waals surface area contributed by atoms with Gasteiger partial charge in [0.05, 0.1) is 32.7 Å². The molecular formula is C19H20N4O4. The predicted octanol–water partition coefficient (Wildman–Crippen LogP) is 2.85. The Morgan fingerprint density at radius 1 is 0.963 bits per heavy atom. The van der Waals surface area contributed by atoms with E-state index >= 15 is 0 Å². The van der Waals surface area contributed by atoms with Gasteiger partial charge in [-0.3, -0.25) is 4.79 Å². The Hall–Kier alpha value is -3.55. The van der Waals surface area contributed by atoms with Crippen molar-refractivity contribution in [1.29, 1.82) is 0 Å². The third kappa shape index (κ3) is 3.69. The molecule has 0 spiro atoms. The second kappa shape index (κ2) is 7.77. The van der Waals surface area contributed by atoms with Gasteiger partial charge in [0.15, 0.2) is 17.2 Å². The van der Waals surface area contributed by atoms with Crippen molar-refractivity contribution in [2.75, 3.05) is 26.6 Å². The third-order valence-electron chi connectivity index (χ3n) is 3.91. The number of para-hydroxylation sites is 1. The summed E-state index contributed by atoms with van der Waals surface area (Å²) >= 11 is 0. The second-order valence-electron chi connectivity index (χ2n) is 5.63. The van der Waals surface area contributed by atoms with Crippen molar-refractivity contribution in [2.45, 2.75) is 6.92 Å². The van der Waals surface area contributed by atoms with Gasteiger partial charge in [-0.2, -0.15) is 9.90 Å². The van der Waals surface area contributed by atoms with Crippen LogP contribution in [0.2, 0.25) is 0 Å². The molecule has 3 rings (SSSR count). The van der Waals surface area contributed by atoms with Crippen LogP contribution in [-0.2, 0) is 0 Å². The lowest BCUT2D eigenvalue weighted by molar-refractivity contribution is 0.102. The third-order valence-corrected chi connectivity index (χ3v) is 3.91. The quantitative estimate of drug-likeness (QED) is 0.720. The molecular weight excluding hydrogens is 348 g/mol. The number of aryl methyl sites for hydroxylation is 1. The fraction of sp³-hybridized carbons (Fsp3) is 0.211. The lowest BCUT2D eigenvalue weighted by atomic mass is 10.2. The van der Waals surface area contributed by atoms with Gasteiger partial charge in [0, 0.05) is 17.8 Å². The van der Waals surface area contributed by atoms with Gasteiger partial charge in [-0.1, -0.05) is 18.2 Å². The molecule has 1 heterocycles. The molecule has 27 heavy (non-hydrogen) atoms. The Morgan fingerprint density at radius 3 is 2.15 bits per heavy atom. The second-order valence-corrected chi connectivity index (χ2v) is 5.63. The minimum atomic E-state index is -0.385. The van der Waals surface area contributed by atoms with Crippen molar-refractivity contribution in [3.63, 3.8) is 0 Å². The smallest absolute Gasteiger partial charge is 0.278 e. The summed E-state index contributed by atoms with van der Waals surface area (Å²) < 4.78 is 15.9. The van der Waals surface area contributed by atoms with Crippen LogP contribution in [0.1, 0.15) is 16.2 Å². The van der Waals surface area contributed by atoms with Gasteiger partial charge in [-0.05, 0) is 19.1 Å². The Labute approximate surface area is 156 Å². The molecule has 1 N–H and O–H groups in total. The number of aromatic nitrogens is 3. The molecule has 0 fully saturated rings. The molecule has 8 nitrogen and oxygen atoms in total. The maximum Gasteiger partial charge on any atom is 0.278 e. The molecule has 0 unspecified atom stereocenters. The monoisotopic (exact) mass is 368 g/mol. The van der Waals surface area contributed by atoms with Crippen molar-refractivity contribution < 1.29 is 19.0 Å². The first-order chi connectivity index (χ1) is 13.1. The van der Waals surface area contributed by atoms with E-state index in [1.807, 2.05) is 30.3 Å². The number of rotatable bonds is 6. The molecule has 0 aliphatic carbocycles. The van der Waals surface area contributed by atoms with E-state index in [2.05, 4.69) is 15.5 Å².